The van der Waals surface area contributed by atoms with Crippen LogP contribution in [0.25, 0.3) is 0 Å². The van der Waals surface area contributed by atoms with E-state index in [4.69, 9.17) is 4.74 Å². The first-order valence-electron chi connectivity index (χ1n) is 6.88. The summed E-state index contributed by atoms with van der Waals surface area (Å²) in [5.74, 6) is 1.32. The summed E-state index contributed by atoms with van der Waals surface area (Å²) in [6.45, 7) is 2.22. The average Bonchev–Trinajstić information content (AvgIpc) is 2.53. The molecule has 0 saturated carbocycles. The van der Waals surface area contributed by atoms with Crippen LogP contribution in [0.3, 0.4) is 0 Å². The minimum atomic E-state index is 0.412. The molecule has 1 heterocycles. The SMILES string of the molecule is COc1ccc(CCC(Br)C(C)c2ccccn2)cc1. The number of benzene rings is 1. The van der Waals surface area contributed by atoms with Crippen molar-refractivity contribution >= 4 is 15.9 Å². The maximum absolute atomic E-state index is 5.17. The molecule has 1 aromatic heterocycles. The largest absolute Gasteiger partial charge is 0.497 e. The minimum absolute atomic E-state index is 0.412. The summed E-state index contributed by atoms with van der Waals surface area (Å²) in [6.07, 6.45) is 4.00. The van der Waals surface area contributed by atoms with Gasteiger partial charge in [-0.25, -0.2) is 0 Å². The molecule has 0 bridgehead atoms. The van der Waals surface area contributed by atoms with Crippen LogP contribution in [-0.2, 0) is 6.42 Å². The highest BCUT2D eigenvalue weighted by atomic mass is 79.9. The Morgan fingerprint density at radius 1 is 1.15 bits per heavy atom. The second-order valence-electron chi connectivity index (χ2n) is 4.95. The van der Waals surface area contributed by atoms with E-state index in [1.165, 1.54) is 5.56 Å². The third-order valence-corrected chi connectivity index (χ3v) is 4.82. The Morgan fingerprint density at radius 3 is 2.50 bits per heavy atom. The predicted octanol–water partition coefficient (Wildman–Crippen LogP) is 4.59. The summed E-state index contributed by atoms with van der Waals surface area (Å²) in [5, 5.41) is 0. The highest BCUT2D eigenvalue weighted by molar-refractivity contribution is 9.09. The number of aromatic nitrogens is 1. The standard InChI is InChI=1S/C17H20BrNO/c1-13(17-5-3-4-12-19-17)16(18)11-8-14-6-9-15(20-2)10-7-14/h3-7,9-10,12-13,16H,8,11H2,1-2H3. The number of nitrogens with zero attached hydrogens (tertiary/aromatic N) is 1. The lowest BCUT2D eigenvalue weighted by atomic mass is 9.97. The van der Waals surface area contributed by atoms with Crippen molar-refractivity contribution in [1.29, 1.82) is 0 Å². The van der Waals surface area contributed by atoms with Gasteiger partial charge in [0.05, 0.1) is 7.11 Å². The third kappa shape index (κ3) is 4.07. The van der Waals surface area contributed by atoms with Crippen LogP contribution in [0.4, 0.5) is 0 Å². The molecule has 2 rings (SSSR count). The van der Waals surface area contributed by atoms with E-state index in [0.717, 1.165) is 24.3 Å². The molecule has 0 fully saturated rings. The Labute approximate surface area is 129 Å². The summed E-state index contributed by atoms with van der Waals surface area (Å²) in [6, 6.07) is 14.4. The van der Waals surface area contributed by atoms with Gasteiger partial charge in [0, 0.05) is 22.6 Å². The minimum Gasteiger partial charge on any atom is -0.497 e. The van der Waals surface area contributed by atoms with Crippen molar-refractivity contribution in [2.45, 2.75) is 30.5 Å². The van der Waals surface area contributed by atoms with E-state index in [-0.39, 0.29) is 0 Å². The number of hydrogen-bond acceptors (Lipinski definition) is 2. The second kappa shape index (κ2) is 7.44. The molecule has 2 unspecified atom stereocenters. The molecule has 0 aliphatic rings. The number of pyridine rings is 1. The Morgan fingerprint density at radius 2 is 1.90 bits per heavy atom. The van der Waals surface area contributed by atoms with E-state index in [1.54, 1.807) is 7.11 Å². The van der Waals surface area contributed by atoms with Crippen LogP contribution < -0.4 is 4.74 Å². The van der Waals surface area contributed by atoms with Gasteiger partial charge in [-0.3, -0.25) is 4.98 Å². The second-order valence-corrected chi connectivity index (χ2v) is 6.12. The fourth-order valence-electron chi connectivity index (χ4n) is 2.18. The van der Waals surface area contributed by atoms with Crippen molar-refractivity contribution in [1.82, 2.24) is 4.98 Å². The molecule has 20 heavy (non-hydrogen) atoms. The lowest BCUT2D eigenvalue weighted by molar-refractivity contribution is 0.414. The van der Waals surface area contributed by atoms with Crippen molar-refractivity contribution in [3.63, 3.8) is 0 Å². The highest BCUT2D eigenvalue weighted by Gasteiger charge is 2.16. The third-order valence-electron chi connectivity index (χ3n) is 3.56. The molecule has 0 aliphatic heterocycles. The van der Waals surface area contributed by atoms with E-state index < -0.39 is 0 Å². The van der Waals surface area contributed by atoms with E-state index in [2.05, 4.69) is 46.0 Å². The molecule has 0 amide bonds. The number of hydrogen-bond donors (Lipinski definition) is 0. The zero-order chi connectivity index (χ0) is 14.4. The maximum atomic E-state index is 5.17. The Balaban J connectivity index is 1.89. The van der Waals surface area contributed by atoms with Crippen LogP contribution in [0.15, 0.2) is 48.7 Å². The van der Waals surface area contributed by atoms with Crippen LogP contribution in [-0.4, -0.2) is 16.9 Å². The summed E-state index contributed by atoms with van der Waals surface area (Å²) in [4.78, 5) is 4.86. The van der Waals surface area contributed by atoms with E-state index in [0.29, 0.717) is 10.7 Å². The van der Waals surface area contributed by atoms with Crippen molar-refractivity contribution < 1.29 is 4.74 Å². The van der Waals surface area contributed by atoms with Gasteiger partial charge < -0.3 is 4.74 Å². The predicted molar refractivity (Wildman–Crippen MR) is 86.7 cm³/mol. The van der Waals surface area contributed by atoms with Crippen molar-refractivity contribution in [3.05, 3.63) is 59.9 Å². The van der Waals surface area contributed by atoms with Crippen molar-refractivity contribution in [3.8, 4) is 5.75 Å². The first-order valence-corrected chi connectivity index (χ1v) is 7.80. The molecule has 0 radical (unpaired) electrons. The number of halogens is 1. The van der Waals surface area contributed by atoms with Crippen molar-refractivity contribution in [2.24, 2.45) is 0 Å². The molecule has 1 aromatic carbocycles. The number of aryl methyl sites for hydroxylation is 1. The van der Waals surface area contributed by atoms with Gasteiger partial charge in [0.15, 0.2) is 0 Å². The molecule has 106 valence electrons. The van der Waals surface area contributed by atoms with E-state index in [9.17, 15) is 0 Å². The molecule has 0 spiro atoms. The van der Waals surface area contributed by atoms with Gasteiger partial charge in [-0.2, -0.15) is 0 Å². The quantitative estimate of drug-likeness (QED) is 0.721. The smallest absolute Gasteiger partial charge is 0.118 e. The Bertz CT molecular complexity index is 512. The van der Waals surface area contributed by atoms with Crippen LogP contribution in [0.1, 0.15) is 30.5 Å². The van der Waals surface area contributed by atoms with Crippen LogP contribution in [0.5, 0.6) is 5.75 Å². The number of ether oxygens (including phenoxy) is 1. The van der Waals surface area contributed by atoms with Gasteiger partial charge in [0.1, 0.15) is 5.75 Å². The molecule has 0 N–H and O–H groups in total. The summed E-state index contributed by atoms with van der Waals surface area (Å²) in [5.41, 5.74) is 2.48. The summed E-state index contributed by atoms with van der Waals surface area (Å²) < 4.78 is 5.17. The first-order chi connectivity index (χ1) is 9.70. The van der Waals surface area contributed by atoms with E-state index >= 15 is 0 Å². The van der Waals surface area contributed by atoms with Gasteiger partial charge >= 0.3 is 0 Å². The molecule has 2 aromatic rings. The molecular weight excluding hydrogens is 314 g/mol. The van der Waals surface area contributed by atoms with Crippen molar-refractivity contribution in [2.75, 3.05) is 7.11 Å². The summed E-state index contributed by atoms with van der Waals surface area (Å²) in [7, 11) is 1.69. The maximum Gasteiger partial charge on any atom is 0.118 e. The zero-order valence-electron chi connectivity index (χ0n) is 11.9. The Hall–Kier alpha value is -1.35. The molecule has 2 nitrogen and oxygen atoms in total. The van der Waals surface area contributed by atoms with Gasteiger partial charge in [-0.1, -0.05) is 41.1 Å². The van der Waals surface area contributed by atoms with Crippen LogP contribution in [0, 0.1) is 0 Å². The first kappa shape index (κ1) is 15.0. The Kier molecular flexibility index (Phi) is 5.60. The van der Waals surface area contributed by atoms with E-state index in [1.807, 2.05) is 30.5 Å². The normalized spacial score (nSPS) is 13.8. The topological polar surface area (TPSA) is 22.1 Å². The van der Waals surface area contributed by atoms with Gasteiger partial charge in [-0.15, -0.1) is 0 Å². The van der Waals surface area contributed by atoms with Crippen LogP contribution in [0.2, 0.25) is 0 Å². The van der Waals surface area contributed by atoms with Crippen LogP contribution >= 0.6 is 15.9 Å². The number of alkyl halides is 1. The zero-order valence-corrected chi connectivity index (χ0v) is 13.5. The number of methoxy groups -OCH3 is 1. The lowest BCUT2D eigenvalue weighted by Gasteiger charge is -2.17. The van der Waals surface area contributed by atoms with Gasteiger partial charge in [0.25, 0.3) is 0 Å². The summed E-state index contributed by atoms with van der Waals surface area (Å²) >= 11 is 3.80. The molecule has 0 saturated heterocycles. The lowest BCUT2D eigenvalue weighted by Crippen LogP contribution is -2.11. The molecule has 3 heteroatoms. The van der Waals surface area contributed by atoms with Gasteiger partial charge in [0.2, 0.25) is 0 Å². The molecule has 2 atom stereocenters. The fraction of sp³-hybridized carbons (Fsp3) is 0.353. The highest BCUT2D eigenvalue weighted by Crippen LogP contribution is 2.27. The number of rotatable bonds is 6. The fourth-order valence-corrected chi connectivity index (χ4v) is 2.68. The molecular formula is C17H20BrNO. The molecule has 0 aliphatic carbocycles. The monoisotopic (exact) mass is 333 g/mol. The van der Waals surface area contributed by atoms with Gasteiger partial charge in [-0.05, 0) is 42.7 Å². The average molecular weight is 334 g/mol.